The van der Waals surface area contributed by atoms with Crippen molar-refractivity contribution in [2.45, 2.75) is 73.1 Å². The second kappa shape index (κ2) is 11.9. The van der Waals surface area contributed by atoms with Crippen LogP contribution in [0.15, 0.2) is 10.2 Å². The molecule has 150 valence electrons. The van der Waals surface area contributed by atoms with Gasteiger partial charge in [0, 0.05) is 0 Å². The van der Waals surface area contributed by atoms with Crippen molar-refractivity contribution in [2.75, 3.05) is 14.2 Å². The molecule has 0 aliphatic carbocycles. The van der Waals surface area contributed by atoms with Gasteiger partial charge >= 0.3 is 164 Å². The van der Waals surface area contributed by atoms with Gasteiger partial charge in [-0.3, -0.25) is 0 Å². The van der Waals surface area contributed by atoms with E-state index in [0.29, 0.717) is 9.09 Å². The van der Waals surface area contributed by atoms with Crippen LogP contribution in [-0.2, 0) is 19.1 Å². The van der Waals surface area contributed by atoms with Crippen LogP contribution in [-0.4, -0.2) is 61.8 Å². The summed E-state index contributed by atoms with van der Waals surface area (Å²) in [5, 5.41) is 14.5. The van der Waals surface area contributed by atoms with Gasteiger partial charge in [-0.1, -0.05) is 0 Å². The molecule has 0 heterocycles. The van der Waals surface area contributed by atoms with Crippen molar-refractivity contribution in [1.82, 2.24) is 0 Å². The fraction of sp³-hybridized carbons (Fsp3) is 0.778. The molecule has 0 N–H and O–H groups in total. The average Bonchev–Trinajstić information content (AvgIpc) is 2.70. The van der Waals surface area contributed by atoms with E-state index >= 15 is 0 Å². The number of rotatable bonds is 11. The summed E-state index contributed by atoms with van der Waals surface area (Å²) in [6.45, 7) is 12.7. The zero-order valence-electron chi connectivity index (χ0n) is 17.8. The number of hydrogen-bond donors (Lipinski definition) is 0. The van der Waals surface area contributed by atoms with E-state index < -0.39 is 38.5 Å². The van der Waals surface area contributed by atoms with E-state index in [0.717, 1.165) is 31.5 Å². The maximum absolute atomic E-state index is 12.5. The van der Waals surface area contributed by atoms with Crippen LogP contribution < -0.4 is 0 Å². The van der Waals surface area contributed by atoms with Crippen LogP contribution in [0, 0.1) is 0 Å². The summed E-state index contributed by atoms with van der Waals surface area (Å²) < 4.78 is 11.0. The molecule has 0 unspecified atom stereocenters. The van der Waals surface area contributed by atoms with Gasteiger partial charge in [0.25, 0.3) is 0 Å². The average molecular weight is 490 g/mol. The number of ether oxygens (including phenoxy) is 2. The Kier molecular flexibility index (Phi) is 11.7. The van der Waals surface area contributed by atoms with E-state index in [4.69, 9.17) is 9.47 Å². The van der Waals surface area contributed by atoms with Crippen molar-refractivity contribution in [3.8, 4) is 0 Å². The Labute approximate surface area is 163 Å². The Bertz CT molecular complexity index is 475. The minimum atomic E-state index is -2.69. The van der Waals surface area contributed by atoms with Crippen LogP contribution >= 0.6 is 0 Å². The summed E-state index contributed by atoms with van der Waals surface area (Å²) in [6, 6.07) is 0. The number of carbonyl (C=O) groups is 2. The Balaban J connectivity index is 6.54. The zero-order chi connectivity index (χ0) is 20.4. The van der Waals surface area contributed by atoms with Gasteiger partial charge in [-0.05, 0) is 0 Å². The third kappa shape index (κ3) is 5.44. The van der Waals surface area contributed by atoms with Gasteiger partial charge in [0.15, 0.2) is 0 Å². The first kappa shape index (κ1) is 25.4. The molecule has 0 aromatic rings. The SMILES string of the molecule is C[CH2][Ge]([CH2]C)([CH2]C)/[C](=N/N=[C](\C(=O)OC)[Ge]([CH2]C)([CH2]C)[CH2]C)C(=O)OC. The molecule has 0 spiro atoms. The Morgan fingerprint density at radius 3 is 1.00 bits per heavy atom. The zero-order valence-corrected chi connectivity index (χ0v) is 22.0. The number of carbonyl (C=O) groups excluding carboxylic acids is 2. The van der Waals surface area contributed by atoms with Crippen molar-refractivity contribution >= 4 is 47.6 Å². The van der Waals surface area contributed by atoms with E-state index in [-0.39, 0.29) is 0 Å². The van der Waals surface area contributed by atoms with Crippen molar-refractivity contribution in [1.29, 1.82) is 0 Å². The minimum absolute atomic E-state index is 0.397. The van der Waals surface area contributed by atoms with Crippen LogP contribution in [0.5, 0.6) is 0 Å². The molecule has 0 amide bonds. The molecule has 0 rings (SSSR count). The fourth-order valence-electron chi connectivity index (χ4n) is 3.52. The van der Waals surface area contributed by atoms with Crippen molar-refractivity contribution in [3.63, 3.8) is 0 Å². The molecule has 0 saturated heterocycles. The second-order valence-corrected chi connectivity index (χ2v) is 28.2. The third-order valence-corrected chi connectivity index (χ3v) is 28.6. The van der Waals surface area contributed by atoms with Crippen LogP contribution in [0.3, 0.4) is 0 Å². The maximum atomic E-state index is 12.5. The molecule has 0 saturated carbocycles. The van der Waals surface area contributed by atoms with Crippen LogP contribution in [0.2, 0.25) is 31.5 Å². The molecule has 0 atom stereocenters. The van der Waals surface area contributed by atoms with E-state index in [1.54, 1.807) is 0 Å². The number of nitrogens with zero attached hydrogens (tertiary/aromatic N) is 2. The summed E-state index contributed by atoms with van der Waals surface area (Å²) in [5.74, 6) is -0.794. The van der Waals surface area contributed by atoms with Crippen molar-refractivity contribution in [2.24, 2.45) is 10.2 Å². The monoisotopic (exact) mass is 492 g/mol. The molecule has 0 aromatic carbocycles. The van der Waals surface area contributed by atoms with Gasteiger partial charge in [-0.2, -0.15) is 0 Å². The first-order valence-electron chi connectivity index (χ1n) is 9.64. The molecule has 26 heavy (non-hydrogen) atoms. The predicted molar refractivity (Wildman–Crippen MR) is 113 cm³/mol. The normalized spacial score (nSPS) is 13.5. The van der Waals surface area contributed by atoms with Crippen LogP contribution in [0.25, 0.3) is 0 Å². The van der Waals surface area contributed by atoms with E-state index in [2.05, 4.69) is 51.7 Å². The molecular formula is C18H36Ge2N2O4. The first-order valence-corrected chi connectivity index (χ1v) is 20.6. The molecule has 0 aliphatic heterocycles. The second-order valence-electron chi connectivity index (χ2n) is 6.56. The topological polar surface area (TPSA) is 77.3 Å². The Hall–Kier alpha value is -0.634. The van der Waals surface area contributed by atoms with Gasteiger partial charge in [-0.25, -0.2) is 0 Å². The summed E-state index contributed by atoms with van der Waals surface area (Å²) in [5.41, 5.74) is 0. The van der Waals surface area contributed by atoms with Gasteiger partial charge < -0.3 is 0 Å². The molecule has 0 fully saturated rings. The third-order valence-electron chi connectivity index (χ3n) is 6.07. The van der Waals surface area contributed by atoms with Gasteiger partial charge in [0.05, 0.1) is 0 Å². The molecule has 0 bridgehead atoms. The van der Waals surface area contributed by atoms with Gasteiger partial charge in [-0.15, -0.1) is 0 Å². The van der Waals surface area contributed by atoms with Gasteiger partial charge in [0.2, 0.25) is 0 Å². The van der Waals surface area contributed by atoms with E-state index in [1.807, 2.05) is 0 Å². The Morgan fingerprint density at radius 1 is 0.615 bits per heavy atom. The number of esters is 2. The molecule has 0 aliphatic rings. The molecule has 0 aromatic heterocycles. The Morgan fingerprint density at radius 2 is 0.846 bits per heavy atom. The van der Waals surface area contributed by atoms with E-state index in [9.17, 15) is 9.59 Å². The van der Waals surface area contributed by atoms with Crippen LogP contribution in [0.4, 0.5) is 0 Å². The van der Waals surface area contributed by atoms with Crippen molar-refractivity contribution < 1.29 is 19.1 Å². The fourth-order valence-corrected chi connectivity index (χ4v) is 17.4. The summed E-state index contributed by atoms with van der Waals surface area (Å²) in [7, 11) is 2.76. The molecule has 0 radical (unpaired) electrons. The molecule has 6 nitrogen and oxygen atoms in total. The van der Waals surface area contributed by atoms with E-state index in [1.165, 1.54) is 14.2 Å². The summed E-state index contributed by atoms with van der Waals surface area (Å²) in [6.07, 6.45) is 0. The number of methoxy groups -OCH3 is 2. The first-order chi connectivity index (χ1) is 12.3. The molecule has 8 heteroatoms. The van der Waals surface area contributed by atoms with Gasteiger partial charge in [0.1, 0.15) is 0 Å². The molecular weight excluding hydrogens is 453 g/mol. The summed E-state index contributed by atoms with van der Waals surface area (Å²) in [4.78, 5) is 24.9. The quantitative estimate of drug-likeness (QED) is 0.188. The summed E-state index contributed by atoms with van der Waals surface area (Å²) >= 11 is -5.37. The van der Waals surface area contributed by atoms with Crippen molar-refractivity contribution in [3.05, 3.63) is 0 Å². The van der Waals surface area contributed by atoms with Crippen LogP contribution in [0.1, 0.15) is 41.5 Å². The predicted octanol–water partition coefficient (Wildman–Crippen LogP) is 4.22. The standard InChI is InChI=1S/C18H36Ge2N2O4/c1-9-19(10-2,11-3)15(17(23)25-7)21-22-16(18(24)26-8)20(12-4,13-5)14-6/h9-14H2,1-8H3/b21-15+,22-16+. The number of hydrogen-bond acceptors (Lipinski definition) is 6.